The Kier molecular flexibility index (Phi) is 5.48. The second-order valence-electron chi connectivity index (χ2n) is 6.30. The zero-order chi connectivity index (χ0) is 19.9. The van der Waals surface area contributed by atoms with Crippen LogP contribution in [0.1, 0.15) is 21.5 Å². The highest BCUT2D eigenvalue weighted by atomic mass is 16.2. The van der Waals surface area contributed by atoms with E-state index in [0.29, 0.717) is 12.1 Å². The smallest absolute Gasteiger partial charge is 0.267 e. The first-order valence-corrected chi connectivity index (χ1v) is 9.05. The third-order valence-corrected chi connectivity index (χ3v) is 4.21. The van der Waals surface area contributed by atoms with Crippen molar-refractivity contribution < 1.29 is 4.79 Å². The zero-order valence-corrected chi connectivity index (χ0v) is 15.5. The molecule has 0 saturated heterocycles. The normalized spacial score (nSPS) is 10.9. The molecular formula is C22H18N6O. The predicted molar refractivity (Wildman–Crippen MR) is 110 cm³/mol. The Morgan fingerprint density at radius 3 is 2.52 bits per heavy atom. The van der Waals surface area contributed by atoms with Crippen molar-refractivity contribution >= 4 is 12.1 Å². The van der Waals surface area contributed by atoms with Gasteiger partial charge in [-0.15, -0.1) is 0 Å². The summed E-state index contributed by atoms with van der Waals surface area (Å²) in [7, 11) is 0. The van der Waals surface area contributed by atoms with E-state index in [4.69, 9.17) is 5.10 Å². The van der Waals surface area contributed by atoms with E-state index in [1.165, 1.54) is 6.20 Å². The average molecular weight is 382 g/mol. The van der Waals surface area contributed by atoms with Crippen LogP contribution in [0, 0.1) is 0 Å². The van der Waals surface area contributed by atoms with Crippen LogP contribution in [0.2, 0.25) is 0 Å². The molecule has 1 aromatic carbocycles. The minimum Gasteiger partial charge on any atom is -0.267 e. The molecule has 1 amide bonds. The molecule has 142 valence electrons. The van der Waals surface area contributed by atoms with Crippen molar-refractivity contribution in [2.75, 3.05) is 0 Å². The molecule has 0 aliphatic rings. The van der Waals surface area contributed by atoms with Crippen molar-refractivity contribution in [2.45, 2.75) is 6.54 Å². The number of amides is 1. The lowest BCUT2D eigenvalue weighted by molar-refractivity contribution is 0.0955. The molecule has 0 fully saturated rings. The molecule has 4 aromatic rings. The molecule has 7 nitrogen and oxygen atoms in total. The third kappa shape index (κ3) is 4.59. The van der Waals surface area contributed by atoms with Gasteiger partial charge in [-0.1, -0.05) is 30.3 Å². The van der Waals surface area contributed by atoms with Crippen LogP contribution in [0.15, 0.2) is 90.7 Å². The van der Waals surface area contributed by atoms with Gasteiger partial charge < -0.3 is 0 Å². The van der Waals surface area contributed by atoms with Crippen LogP contribution in [0.25, 0.3) is 11.3 Å². The molecule has 4 rings (SSSR count). The van der Waals surface area contributed by atoms with E-state index in [2.05, 4.69) is 20.5 Å². The fourth-order valence-electron chi connectivity index (χ4n) is 2.83. The van der Waals surface area contributed by atoms with Crippen molar-refractivity contribution in [3.05, 3.63) is 102 Å². The summed E-state index contributed by atoms with van der Waals surface area (Å²) in [6.07, 6.45) is 10.1. The van der Waals surface area contributed by atoms with Crippen LogP contribution >= 0.6 is 0 Å². The van der Waals surface area contributed by atoms with Gasteiger partial charge >= 0.3 is 0 Å². The maximum Gasteiger partial charge on any atom is 0.272 e. The van der Waals surface area contributed by atoms with Crippen LogP contribution in [-0.2, 0) is 6.54 Å². The Labute approximate surface area is 167 Å². The van der Waals surface area contributed by atoms with Gasteiger partial charge in [-0.2, -0.15) is 10.2 Å². The van der Waals surface area contributed by atoms with Gasteiger partial charge in [0.25, 0.3) is 5.91 Å². The molecule has 29 heavy (non-hydrogen) atoms. The summed E-state index contributed by atoms with van der Waals surface area (Å²) in [4.78, 5) is 20.2. The number of nitrogens with one attached hydrogen (secondary N) is 1. The van der Waals surface area contributed by atoms with Gasteiger partial charge in [0.05, 0.1) is 18.3 Å². The Bertz CT molecular complexity index is 1110. The molecule has 0 spiro atoms. The summed E-state index contributed by atoms with van der Waals surface area (Å²) in [6.45, 7) is 0.629. The molecule has 0 aliphatic carbocycles. The van der Waals surface area contributed by atoms with E-state index in [-0.39, 0.29) is 5.91 Å². The molecule has 0 bridgehead atoms. The number of hydrazone groups is 1. The number of benzene rings is 1. The number of rotatable bonds is 6. The first-order chi connectivity index (χ1) is 14.3. The number of pyridine rings is 2. The van der Waals surface area contributed by atoms with E-state index in [1.807, 2.05) is 53.3 Å². The SMILES string of the molecule is O=C(N/N=C/c1cn(Cc2ccccc2)nc1-c1cccnc1)c1cccnc1. The lowest BCUT2D eigenvalue weighted by Crippen LogP contribution is -2.17. The third-order valence-electron chi connectivity index (χ3n) is 4.21. The molecule has 3 heterocycles. The Morgan fingerprint density at radius 2 is 1.79 bits per heavy atom. The van der Waals surface area contributed by atoms with Crippen LogP contribution in [-0.4, -0.2) is 31.9 Å². The van der Waals surface area contributed by atoms with E-state index < -0.39 is 0 Å². The van der Waals surface area contributed by atoms with Gasteiger partial charge in [-0.05, 0) is 29.8 Å². The monoisotopic (exact) mass is 382 g/mol. The molecule has 0 radical (unpaired) electrons. The molecule has 7 heteroatoms. The molecule has 0 unspecified atom stereocenters. The van der Waals surface area contributed by atoms with E-state index in [9.17, 15) is 4.79 Å². The standard InChI is InChI=1S/C22H18N6O/c29-22(19-9-5-11-24-13-19)26-25-14-20-16-28(15-17-6-2-1-3-7-17)27-21(20)18-8-4-10-23-12-18/h1-14,16H,15H2,(H,26,29)/b25-14+. The molecular weight excluding hydrogens is 364 g/mol. The van der Waals surface area contributed by atoms with Gasteiger partial charge in [-0.25, -0.2) is 5.43 Å². The van der Waals surface area contributed by atoms with Gasteiger partial charge in [-0.3, -0.25) is 19.4 Å². The van der Waals surface area contributed by atoms with Crippen molar-refractivity contribution in [1.29, 1.82) is 0 Å². The van der Waals surface area contributed by atoms with Crippen molar-refractivity contribution in [3.8, 4) is 11.3 Å². The average Bonchev–Trinajstić information content (AvgIpc) is 3.18. The number of carbonyl (C=O) groups is 1. The maximum absolute atomic E-state index is 12.1. The predicted octanol–water partition coefficient (Wildman–Crippen LogP) is 3.15. The first kappa shape index (κ1) is 18.2. The fraction of sp³-hybridized carbons (Fsp3) is 0.0455. The van der Waals surface area contributed by atoms with Crippen LogP contribution in [0.4, 0.5) is 0 Å². The number of hydrogen-bond acceptors (Lipinski definition) is 5. The highest BCUT2D eigenvalue weighted by Crippen LogP contribution is 2.20. The number of carbonyl (C=O) groups excluding carboxylic acids is 1. The van der Waals surface area contributed by atoms with Gasteiger partial charge in [0.1, 0.15) is 5.69 Å². The molecule has 0 saturated carbocycles. The van der Waals surface area contributed by atoms with Crippen LogP contribution in [0.3, 0.4) is 0 Å². The summed E-state index contributed by atoms with van der Waals surface area (Å²) in [5.41, 5.74) is 6.50. The topological polar surface area (TPSA) is 85.1 Å². The van der Waals surface area contributed by atoms with E-state index in [1.54, 1.807) is 36.9 Å². The van der Waals surface area contributed by atoms with E-state index >= 15 is 0 Å². The summed E-state index contributed by atoms with van der Waals surface area (Å²) in [5.74, 6) is -0.325. The van der Waals surface area contributed by atoms with Crippen molar-refractivity contribution in [3.63, 3.8) is 0 Å². The molecule has 0 aliphatic heterocycles. The highest BCUT2D eigenvalue weighted by molar-refractivity contribution is 5.95. The Morgan fingerprint density at radius 1 is 1.00 bits per heavy atom. The largest absolute Gasteiger partial charge is 0.272 e. The summed E-state index contributed by atoms with van der Waals surface area (Å²) < 4.78 is 1.85. The number of aromatic nitrogens is 4. The minimum atomic E-state index is -0.325. The highest BCUT2D eigenvalue weighted by Gasteiger charge is 2.11. The Hall–Kier alpha value is -4.13. The number of nitrogens with zero attached hydrogens (tertiary/aromatic N) is 5. The van der Waals surface area contributed by atoms with Crippen LogP contribution < -0.4 is 5.43 Å². The van der Waals surface area contributed by atoms with Gasteiger partial charge in [0, 0.05) is 42.1 Å². The fourth-order valence-corrected chi connectivity index (χ4v) is 2.83. The summed E-state index contributed by atoms with van der Waals surface area (Å²) in [6, 6.07) is 17.2. The maximum atomic E-state index is 12.1. The summed E-state index contributed by atoms with van der Waals surface area (Å²) >= 11 is 0. The minimum absolute atomic E-state index is 0.325. The quantitative estimate of drug-likeness (QED) is 0.410. The molecule has 3 aromatic heterocycles. The van der Waals surface area contributed by atoms with Crippen LogP contribution in [0.5, 0.6) is 0 Å². The van der Waals surface area contributed by atoms with Crippen molar-refractivity contribution in [1.82, 2.24) is 25.2 Å². The zero-order valence-electron chi connectivity index (χ0n) is 15.5. The van der Waals surface area contributed by atoms with Gasteiger partial charge in [0.2, 0.25) is 0 Å². The number of hydrogen-bond donors (Lipinski definition) is 1. The first-order valence-electron chi connectivity index (χ1n) is 9.05. The lowest BCUT2D eigenvalue weighted by Gasteiger charge is -2.01. The van der Waals surface area contributed by atoms with Crippen molar-refractivity contribution in [2.24, 2.45) is 5.10 Å². The van der Waals surface area contributed by atoms with E-state index in [0.717, 1.165) is 22.4 Å². The van der Waals surface area contributed by atoms with Gasteiger partial charge in [0.15, 0.2) is 0 Å². The second-order valence-corrected chi connectivity index (χ2v) is 6.30. The second kappa shape index (κ2) is 8.71. The molecule has 0 atom stereocenters. The Balaban J connectivity index is 1.58. The lowest BCUT2D eigenvalue weighted by atomic mass is 10.1. The summed E-state index contributed by atoms with van der Waals surface area (Å²) in [5, 5.41) is 8.79. The molecule has 1 N–H and O–H groups in total.